The summed E-state index contributed by atoms with van der Waals surface area (Å²) in [6.07, 6.45) is 10.1. The standard InChI is InChI=1S/C21H29NO4S/c1-15-7-10-18(11-8-15)27(25,26)22-20-14-16-9-12-19(20)17(13-16)5-3-2-4-6-21(23)24/h3,5,7-8,10-11,16-17,19-20,22H,2,4,6,9,12-14H2,1H3,(H,23,24). The average Bonchev–Trinajstić information content (AvgIpc) is 2.61. The van der Waals surface area contributed by atoms with Crippen LogP contribution in [0.1, 0.15) is 50.5 Å². The third-order valence-corrected chi connectivity index (χ3v) is 7.46. The first-order valence-corrected chi connectivity index (χ1v) is 11.3. The molecular weight excluding hydrogens is 362 g/mol. The number of aryl methyl sites for hydroxylation is 1. The van der Waals surface area contributed by atoms with Crippen molar-refractivity contribution in [2.24, 2.45) is 17.8 Å². The minimum atomic E-state index is -3.50. The first kappa shape index (κ1) is 20.1. The third kappa shape index (κ3) is 5.20. The summed E-state index contributed by atoms with van der Waals surface area (Å²) in [5, 5.41) is 8.71. The van der Waals surface area contributed by atoms with Crippen LogP contribution in [-0.2, 0) is 14.8 Å². The molecule has 1 aromatic rings. The maximum atomic E-state index is 12.8. The lowest BCUT2D eigenvalue weighted by Crippen LogP contribution is -2.50. The number of sulfonamides is 1. The van der Waals surface area contributed by atoms with E-state index in [2.05, 4.69) is 16.9 Å². The lowest BCUT2D eigenvalue weighted by Gasteiger charge is -2.46. The molecule has 1 aromatic carbocycles. The molecule has 0 amide bonds. The van der Waals surface area contributed by atoms with E-state index in [9.17, 15) is 13.2 Å². The van der Waals surface area contributed by atoms with Gasteiger partial charge in [-0.15, -0.1) is 0 Å². The summed E-state index contributed by atoms with van der Waals surface area (Å²) in [6.45, 7) is 1.94. The fourth-order valence-corrected chi connectivity index (χ4v) is 5.85. The maximum Gasteiger partial charge on any atom is 0.303 e. The predicted octanol–water partition coefficient (Wildman–Crippen LogP) is 3.89. The topological polar surface area (TPSA) is 83.5 Å². The number of carbonyl (C=O) groups is 1. The Morgan fingerprint density at radius 2 is 1.96 bits per heavy atom. The molecule has 3 saturated carbocycles. The number of hydrogen-bond donors (Lipinski definition) is 2. The zero-order valence-electron chi connectivity index (χ0n) is 15.8. The molecule has 2 bridgehead atoms. The van der Waals surface area contributed by atoms with Crippen LogP contribution in [0.25, 0.3) is 0 Å². The van der Waals surface area contributed by atoms with Gasteiger partial charge in [-0.2, -0.15) is 0 Å². The second-order valence-corrected chi connectivity index (χ2v) is 9.71. The van der Waals surface area contributed by atoms with Crippen LogP contribution in [0, 0.1) is 24.7 Å². The summed E-state index contributed by atoms with van der Waals surface area (Å²) in [4.78, 5) is 10.9. The highest BCUT2D eigenvalue weighted by molar-refractivity contribution is 7.89. The van der Waals surface area contributed by atoms with E-state index in [-0.39, 0.29) is 12.5 Å². The molecule has 0 radical (unpaired) electrons. The van der Waals surface area contributed by atoms with Gasteiger partial charge in [0.2, 0.25) is 10.0 Å². The van der Waals surface area contributed by atoms with Crippen LogP contribution in [0.5, 0.6) is 0 Å². The van der Waals surface area contributed by atoms with Gasteiger partial charge in [0.25, 0.3) is 0 Å². The molecule has 148 valence electrons. The molecule has 6 heteroatoms. The molecule has 4 unspecified atom stereocenters. The van der Waals surface area contributed by atoms with Crippen molar-refractivity contribution in [3.8, 4) is 0 Å². The smallest absolute Gasteiger partial charge is 0.303 e. The fraction of sp³-hybridized carbons (Fsp3) is 0.571. The molecule has 0 aromatic heterocycles. The molecular formula is C21H29NO4S. The molecule has 4 atom stereocenters. The number of carboxylic acid groups (broad SMARTS) is 1. The Kier molecular flexibility index (Phi) is 6.37. The monoisotopic (exact) mass is 391 g/mol. The van der Waals surface area contributed by atoms with Gasteiger partial charge in [0.15, 0.2) is 0 Å². The zero-order valence-corrected chi connectivity index (χ0v) is 16.6. The maximum absolute atomic E-state index is 12.8. The Balaban J connectivity index is 1.63. The van der Waals surface area contributed by atoms with E-state index >= 15 is 0 Å². The van der Waals surface area contributed by atoms with Gasteiger partial charge >= 0.3 is 5.97 Å². The number of allylic oxidation sites excluding steroid dienone is 2. The number of hydrogen-bond acceptors (Lipinski definition) is 3. The molecule has 0 saturated heterocycles. The fourth-order valence-electron chi connectivity index (χ4n) is 4.55. The summed E-state index contributed by atoms with van der Waals surface area (Å²) in [7, 11) is -3.50. The summed E-state index contributed by atoms with van der Waals surface area (Å²) < 4.78 is 28.5. The Morgan fingerprint density at radius 1 is 1.22 bits per heavy atom. The Bertz CT molecular complexity index is 785. The van der Waals surface area contributed by atoms with Gasteiger partial charge in [0, 0.05) is 12.5 Å². The van der Waals surface area contributed by atoms with Gasteiger partial charge in [-0.25, -0.2) is 13.1 Å². The van der Waals surface area contributed by atoms with Crippen LogP contribution in [0.15, 0.2) is 41.3 Å². The third-order valence-electron chi connectivity index (χ3n) is 5.95. The van der Waals surface area contributed by atoms with Gasteiger partial charge in [-0.05, 0) is 68.9 Å². The highest BCUT2D eigenvalue weighted by Gasteiger charge is 2.42. The van der Waals surface area contributed by atoms with E-state index < -0.39 is 16.0 Å². The lowest BCUT2D eigenvalue weighted by atomic mass is 9.62. The SMILES string of the molecule is Cc1ccc(S(=O)(=O)NC2CC3CCC2C(C=CCCCC(=O)O)C3)cc1. The Labute approximate surface area is 161 Å². The molecule has 2 N–H and O–H groups in total. The van der Waals surface area contributed by atoms with Crippen molar-refractivity contribution in [2.75, 3.05) is 0 Å². The molecule has 0 spiro atoms. The van der Waals surface area contributed by atoms with Gasteiger partial charge in [-0.1, -0.05) is 36.3 Å². The average molecular weight is 392 g/mol. The van der Waals surface area contributed by atoms with Crippen LogP contribution in [0.4, 0.5) is 0 Å². The Hall–Kier alpha value is -1.66. The second kappa shape index (κ2) is 8.57. The molecule has 3 fully saturated rings. The van der Waals surface area contributed by atoms with Gasteiger partial charge < -0.3 is 5.11 Å². The molecule has 5 nitrogen and oxygen atoms in total. The quantitative estimate of drug-likeness (QED) is 0.520. The molecule has 0 aliphatic heterocycles. The first-order valence-electron chi connectivity index (χ1n) is 9.82. The van der Waals surface area contributed by atoms with E-state index in [0.29, 0.717) is 29.1 Å². The Morgan fingerprint density at radius 3 is 2.63 bits per heavy atom. The zero-order chi connectivity index (χ0) is 19.4. The van der Waals surface area contributed by atoms with Crippen LogP contribution in [0.2, 0.25) is 0 Å². The summed E-state index contributed by atoms with van der Waals surface area (Å²) in [5.41, 5.74) is 1.04. The van der Waals surface area contributed by atoms with Crippen LogP contribution in [0.3, 0.4) is 0 Å². The van der Waals surface area contributed by atoms with E-state index in [1.807, 2.05) is 19.1 Å². The van der Waals surface area contributed by atoms with E-state index in [1.165, 1.54) is 6.42 Å². The van der Waals surface area contributed by atoms with E-state index in [0.717, 1.165) is 31.2 Å². The minimum Gasteiger partial charge on any atom is -0.481 e. The number of fused-ring (bicyclic) bond motifs is 3. The number of benzene rings is 1. The van der Waals surface area contributed by atoms with Crippen LogP contribution >= 0.6 is 0 Å². The first-order chi connectivity index (χ1) is 12.8. The highest BCUT2D eigenvalue weighted by Crippen LogP contribution is 2.46. The van der Waals surface area contributed by atoms with E-state index in [1.54, 1.807) is 12.1 Å². The molecule has 3 aliphatic carbocycles. The molecule has 0 heterocycles. The second-order valence-electron chi connectivity index (χ2n) is 8.00. The highest BCUT2D eigenvalue weighted by atomic mass is 32.2. The van der Waals surface area contributed by atoms with Gasteiger partial charge in [-0.3, -0.25) is 4.79 Å². The van der Waals surface area contributed by atoms with Crippen molar-refractivity contribution in [3.05, 3.63) is 42.0 Å². The normalized spacial score (nSPS) is 27.9. The summed E-state index contributed by atoms with van der Waals surface area (Å²) in [5.74, 6) is 0.513. The largest absolute Gasteiger partial charge is 0.481 e. The van der Waals surface area contributed by atoms with Crippen molar-refractivity contribution < 1.29 is 18.3 Å². The summed E-state index contributed by atoms with van der Waals surface area (Å²) in [6, 6.07) is 6.96. The van der Waals surface area contributed by atoms with Crippen molar-refractivity contribution >= 4 is 16.0 Å². The minimum absolute atomic E-state index is 0.0162. The predicted molar refractivity (Wildman–Crippen MR) is 105 cm³/mol. The van der Waals surface area contributed by atoms with Gasteiger partial charge in [0.1, 0.15) is 0 Å². The van der Waals surface area contributed by atoms with Gasteiger partial charge in [0.05, 0.1) is 4.90 Å². The molecule has 3 aliphatic rings. The molecule has 27 heavy (non-hydrogen) atoms. The number of carboxylic acids is 1. The van der Waals surface area contributed by atoms with Crippen molar-refractivity contribution in [2.45, 2.75) is 62.8 Å². The number of nitrogens with one attached hydrogen (secondary N) is 1. The number of aliphatic carboxylic acids is 1. The number of rotatable bonds is 8. The van der Waals surface area contributed by atoms with Crippen molar-refractivity contribution in [3.63, 3.8) is 0 Å². The van der Waals surface area contributed by atoms with Crippen LogP contribution < -0.4 is 4.72 Å². The van der Waals surface area contributed by atoms with Crippen molar-refractivity contribution in [1.29, 1.82) is 0 Å². The van der Waals surface area contributed by atoms with Crippen LogP contribution in [-0.4, -0.2) is 25.5 Å². The van der Waals surface area contributed by atoms with E-state index in [4.69, 9.17) is 5.11 Å². The summed E-state index contributed by atoms with van der Waals surface area (Å²) >= 11 is 0. The number of unbranched alkanes of at least 4 members (excludes halogenated alkanes) is 1. The lowest BCUT2D eigenvalue weighted by molar-refractivity contribution is -0.137. The van der Waals surface area contributed by atoms with Crippen molar-refractivity contribution in [1.82, 2.24) is 4.72 Å². The molecule has 4 rings (SSSR count).